The summed E-state index contributed by atoms with van der Waals surface area (Å²) in [5, 5.41) is 0.891. The molecule has 182 valence electrons. The van der Waals surface area contributed by atoms with Crippen LogP contribution in [0, 0.1) is 0 Å². The third kappa shape index (κ3) is 3.27. The topological polar surface area (TPSA) is 131 Å². The zero-order valence-corrected chi connectivity index (χ0v) is 20.1. The SMILES string of the molecule is C=C(C)c1cc2c(cn1)OC1=C(CC(N)(c3nccc4cc(OC)cnc34)C=C1)C21CCOC(N)=N1. The minimum atomic E-state index is -0.958. The standard InChI is InChI=1S/C27H26N6O3/c1-15(2)20-11-18-22(14-31-20)36-21-4-6-26(29,12-19(21)27(18)7-9-35-25(28)33-27)24-23-16(5-8-30-24)10-17(34-3)13-32-23/h4-6,8,10-11,13-14H,1,7,9,12,29H2,2-3H3,(H2,28,33). The number of hydrogen-bond acceptors (Lipinski definition) is 9. The Labute approximate surface area is 208 Å². The van der Waals surface area contributed by atoms with Crippen molar-refractivity contribution in [3.05, 3.63) is 83.8 Å². The molecule has 2 aliphatic heterocycles. The largest absolute Gasteiger partial charge is 0.495 e. The lowest BCUT2D eigenvalue weighted by Gasteiger charge is -2.44. The fourth-order valence-electron chi connectivity index (χ4n) is 5.22. The van der Waals surface area contributed by atoms with Crippen LogP contribution in [-0.4, -0.2) is 34.7 Å². The third-order valence-electron chi connectivity index (χ3n) is 7.03. The fourth-order valence-corrected chi connectivity index (χ4v) is 5.22. The van der Waals surface area contributed by atoms with Crippen LogP contribution < -0.4 is 20.9 Å². The molecule has 3 aliphatic rings. The Kier molecular flexibility index (Phi) is 4.87. The molecule has 1 spiro atoms. The van der Waals surface area contributed by atoms with Crippen molar-refractivity contribution in [3.63, 3.8) is 0 Å². The van der Waals surface area contributed by atoms with Gasteiger partial charge in [0.25, 0.3) is 6.02 Å². The molecule has 9 nitrogen and oxygen atoms in total. The van der Waals surface area contributed by atoms with E-state index in [0.29, 0.717) is 47.9 Å². The highest BCUT2D eigenvalue weighted by atomic mass is 16.5. The summed E-state index contributed by atoms with van der Waals surface area (Å²) in [6.07, 6.45) is 9.91. The zero-order valence-electron chi connectivity index (χ0n) is 20.1. The number of methoxy groups -OCH3 is 1. The molecular formula is C27H26N6O3. The van der Waals surface area contributed by atoms with Gasteiger partial charge in [-0.05, 0) is 36.8 Å². The van der Waals surface area contributed by atoms with Crippen molar-refractivity contribution in [2.45, 2.75) is 30.8 Å². The third-order valence-corrected chi connectivity index (χ3v) is 7.03. The molecular weight excluding hydrogens is 456 g/mol. The second kappa shape index (κ2) is 7.89. The summed E-state index contributed by atoms with van der Waals surface area (Å²) < 4.78 is 17.2. The van der Waals surface area contributed by atoms with E-state index in [9.17, 15) is 0 Å². The van der Waals surface area contributed by atoms with Crippen LogP contribution in [0.1, 0.15) is 36.7 Å². The molecule has 0 saturated carbocycles. The Morgan fingerprint density at radius 3 is 2.83 bits per heavy atom. The molecule has 0 amide bonds. The van der Waals surface area contributed by atoms with Crippen LogP contribution in [-0.2, 0) is 15.8 Å². The first-order chi connectivity index (χ1) is 17.3. The van der Waals surface area contributed by atoms with Gasteiger partial charge in [-0.15, -0.1) is 0 Å². The number of ether oxygens (including phenoxy) is 3. The number of allylic oxidation sites excluding steroid dienone is 2. The predicted octanol–water partition coefficient (Wildman–Crippen LogP) is 3.46. The van der Waals surface area contributed by atoms with Crippen LogP contribution in [0.2, 0.25) is 0 Å². The highest BCUT2D eigenvalue weighted by molar-refractivity contribution is 5.83. The molecule has 0 saturated heterocycles. The van der Waals surface area contributed by atoms with E-state index in [4.69, 9.17) is 30.7 Å². The molecule has 36 heavy (non-hydrogen) atoms. The molecule has 6 rings (SSSR count). The number of aromatic nitrogens is 3. The van der Waals surface area contributed by atoms with Gasteiger partial charge in [0.15, 0.2) is 5.75 Å². The molecule has 1 aliphatic carbocycles. The highest BCUT2D eigenvalue weighted by Gasteiger charge is 2.50. The smallest absolute Gasteiger partial charge is 0.283 e. The monoisotopic (exact) mass is 482 g/mol. The van der Waals surface area contributed by atoms with Crippen LogP contribution in [0.3, 0.4) is 0 Å². The van der Waals surface area contributed by atoms with Crippen LogP contribution in [0.15, 0.2) is 71.8 Å². The van der Waals surface area contributed by atoms with Crippen molar-refractivity contribution in [2.75, 3.05) is 13.7 Å². The minimum absolute atomic E-state index is 0.129. The number of amidine groups is 1. The first kappa shape index (κ1) is 22.2. The molecule has 3 aromatic rings. The summed E-state index contributed by atoms with van der Waals surface area (Å²) in [5.74, 6) is 1.98. The Hall–Kier alpha value is -4.24. The van der Waals surface area contributed by atoms with Crippen LogP contribution in [0.25, 0.3) is 16.5 Å². The minimum Gasteiger partial charge on any atom is -0.495 e. The molecule has 2 atom stereocenters. The van der Waals surface area contributed by atoms with Crippen molar-refractivity contribution < 1.29 is 14.2 Å². The van der Waals surface area contributed by atoms with Gasteiger partial charge >= 0.3 is 0 Å². The summed E-state index contributed by atoms with van der Waals surface area (Å²) in [5.41, 5.74) is 16.2. The number of pyridine rings is 3. The van der Waals surface area contributed by atoms with Crippen molar-refractivity contribution in [1.29, 1.82) is 0 Å². The number of rotatable bonds is 3. The maximum absolute atomic E-state index is 7.10. The van der Waals surface area contributed by atoms with Gasteiger partial charge in [0.1, 0.15) is 17.0 Å². The Balaban J connectivity index is 1.52. The van der Waals surface area contributed by atoms with E-state index in [1.165, 1.54) is 0 Å². The number of nitrogens with zero attached hydrogens (tertiary/aromatic N) is 4. The van der Waals surface area contributed by atoms with Crippen molar-refractivity contribution in [1.82, 2.24) is 15.0 Å². The average molecular weight is 483 g/mol. The molecule has 0 radical (unpaired) electrons. The van der Waals surface area contributed by atoms with Crippen LogP contribution in [0.5, 0.6) is 11.5 Å². The van der Waals surface area contributed by atoms with Crippen LogP contribution in [0.4, 0.5) is 0 Å². The zero-order chi connectivity index (χ0) is 25.1. The normalized spacial score (nSPS) is 24.5. The maximum atomic E-state index is 7.10. The molecule has 0 bridgehead atoms. The van der Waals surface area contributed by atoms with E-state index in [-0.39, 0.29) is 6.02 Å². The van der Waals surface area contributed by atoms with Crippen molar-refractivity contribution in [2.24, 2.45) is 16.5 Å². The van der Waals surface area contributed by atoms with E-state index in [0.717, 1.165) is 27.8 Å². The van der Waals surface area contributed by atoms with Gasteiger partial charge in [-0.1, -0.05) is 12.7 Å². The summed E-state index contributed by atoms with van der Waals surface area (Å²) in [6, 6.07) is 5.92. The Morgan fingerprint density at radius 2 is 2.06 bits per heavy atom. The predicted molar refractivity (Wildman–Crippen MR) is 136 cm³/mol. The van der Waals surface area contributed by atoms with Gasteiger partial charge in [0.2, 0.25) is 0 Å². The van der Waals surface area contributed by atoms with E-state index in [1.54, 1.807) is 25.7 Å². The van der Waals surface area contributed by atoms with E-state index >= 15 is 0 Å². The summed E-state index contributed by atoms with van der Waals surface area (Å²) in [4.78, 5) is 18.7. The van der Waals surface area contributed by atoms with E-state index < -0.39 is 11.1 Å². The highest BCUT2D eigenvalue weighted by Crippen LogP contribution is 2.53. The van der Waals surface area contributed by atoms with Gasteiger partial charge in [-0.3, -0.25) is 15.0 Å². The maximum Gasteiger partial charge on any atom is 0.283 e. The molecule has 4 N–H and O–H groups in total. The fraction of sp³-hybridized carbons (Fsp3) is 0.259. The number of aliphatic imine (C=N–C) groups is 1. The Bertz CT molecular complexity index is 1530. The summed E-state index contributed by atoms with van der Waals surface area (Å²) in [7, 11) is 1.61. The molecule has 0 aromatic carbocycles. The lowest BCUT2D eigenvalue weighted by Crippen LogP contribution is -2.46. The van der Waals surface area contributed by atoms with E-state index in [2.05, 4.69) is 21.5 Å². The second-order valence-electron chi connectivity index (χ2n) is 9.36. The molecule has 2 unspecified atom stereocenters. The van der Waals surface area contributed by atoms with Gasteiger partial charge in [0.05, 0.1) is 48.6 Å². The molecule has 9 heteroatoms. The number of nitrogens with two attached hydrogens (primary N) is 2. The van der Waals surface area contributed by atoms with Crippen LogP contribution >= 0.6 is 0 Å². The van der Waals surface area contributed by atoms with Gasteiger partial charge in [-0.2, -0.15) is 0 Å². The van der Waals surface area contributed by atoms with Gasteiger partial charge < -0.3 is 25.7 Å². The summed E-state index contributed by atoms with van der Waals surface area (Å²) in [6.45, 7) is 6.38. The second-order valence-corrected chi connectivity index (χ2v) is 9.36. The Morgan fingerprint density at radius 1 is 1.19 bits per heavy atom. The first-order valence-corrected chi connectivity index (χ1v) is 11.7. The number of hydrogen-bond donors (Lipinski definition) is 2. The van der Waals surface area contributed by atoms with Crippen molar-refractivity contribution in [3.8, 4) is 11.5 Å². The lowest BCUT2D eigenvalue weighted by atomic mass is 9.70. The molecule has 5 heterocycles. The van der Waals surface area contributed by atoms with Gasteiger partial charge in [0, 0.05) is 35.6 Å². The number of fused-ring (bicyclic) bond motifs is 4. The molecule has 0 fully saturated rings. The van der Waals surface area contributed by atoms with Gasteiger partial charge in [-0.25, -0.2) is 4.99 Å². The van der Waals surface area contributed by atoms with E-state index in [1.807, 2.05) is 37.3 Å². The lowest BCUT2D eigenvalue weighted by molar-refractivity contribution is 0.207. The quantitative estimate of drug-likeness (QED) is 0.580. The average Bonchev–Trinajstić information content (AvgIpc) is 2.88. The first-order valence-electron chi connectivity index (χ1n) is 11.7. The van der Waals surface area contributed by atoms with Crippen molar-refractivity contribution >= 4 is 22.5 Å². The molecule has 3 aromatic heterocycles. The summed E-state index contributed by atoms with van der Waals surface area (Å²) >= 11 is 0.